The summed E-state index contributed by atoms with van der Waals surface area (Å²) in [7, 11) is 2.18. The van der Waals surface area contributed by atoms with Gasteiger partial charge in [0.2, 0.25) is 0 Å². The van der Waals surface area contributed by atoms with Gasteiger partial charge in [0.05, 0.1) is 12.4 Å². The minimum Gasteiger partial charge on any atom is -0.368 e. The summed E-state index contributed by atoms with van der Waals surface area (Å²) < 4.78 is 0. The van der Waals surface area contributed by atoms with Crippen LogP contribution in [0.1, 0.15) is 43.4 Å². The molecule has 4 heteroatoms. The van der Waals surface area contributed by atoms with Gasteiger partial charge in [0.25, 0.3) is 0 Å². The summed E-state index contributed by atoms with van der Waals surface area (Å²) in [6.45, 7) is 13.0. The molecule has 0 amide bonds. The van der Waals surface area contributed by atoms with Gasteiger partial charge in [-0.15, -0.1) is 6.58 Å². The Bertz CT molecular complexity index is 787. The van der Waals surface area contributed by atoms with E-state index in [4.69, 9.17) is 0 Å². The molecular weight excluding hydrogens is 344 g/mol. The Hall–Kier alpha value is -2.20. The number of rotatable bonds is 6. The summed E-state index contributed by atoms with van der Waals surface area (Å²) in [6.07, 6.45) is 8.74. The minimum atomic E-state index is 0.504. The van der Waals surface area contributed by atoms with Crippen molar-refractivity contribution in [3.63, 3.8) is 0 Å². The number of hydrogen-bond donors (Lipinski definition) is 3. The molecule has 28 heavy (non-hydrogen) atoms. The SMILES string of the molecule is C=C(NCc1cc2cc(C)ccc2[nH]1)NC1CCCN(C)C1.C=CC1CCC1. The van der Waals surface area contributed by atoms with Crippen molar-refractivity contribution in [1.82, 2.24) is 20.5 Å². The van der Waals surface area contributed by atoms with E-state index < -0.39 is 0 Å². The van der Waals surface area contributed by atoms with E-state index in [0.29, 0.717) is 6.04 Å². The second kappa shape index (κ2) is 9.83. The number of nitrogens with zero attached hydrogens (tertiary/aromatic N) is 1. The maximum absolute atomic E-state index is 4.10. The molecule has 1 atom stereocenters. The van der Waals surface area contributed by atoms with Crippen molar-refractivity contribution in [2.75, 3.05) is 20.1 Å². The van der Waals surface area contributed by atoms with Crippen LogP contribution in [-0.4, -0.2) is 36.1 Å². The molecule has 0 bridgehead atoms. The van der Waals surface area contributed by atoms with Crippen LogP contribution in [0.15, 0.2) is 49.3 Å². The Morgan fingerprint density at radius 1 is 1.25 bits per heavy atom. The van der Waals surface area contributed by atoms with Crippen LogP contribution >= 0.6 is 0 Å². The van der Waals surface area contributed by atoms with Gasteiger partial charge in [-0.1, -0.05) is 30.7 Å². The number of allylic oxidation sites excluding steroid dienone is 1. The summed E-state index contributed by atoms with van der Waals surface area (Å²) in [5, 5.41) is 8.15. The highest BCUT2D eigenvalue weighted by Gasteiger charge is 2.17. The normalized spacial score (nSPS) is 20.0. The van der Waals surface area contributed by atoms with E-state index in [-0.39, 0.29) is 0 Å². The minimum absolute atomic E-state index is 0.504. The van der Waals surface area contributed by atoms with Gasteiger partial charge in [-0.2, -0.15) is 0 Å². The number of fused-ring (bicyclic) bond motifs is 1. The van der Waals surface area contributed by atoms with Crippen LogP contribution in [0.25, 0.3) is 10.9 Å². The highest BCUT2D eigenvalue weighted by molar-refractivity contribution is 5.81. The number of H-pyrrole nitrogens is 1. The zero-order valence-corrected chi connectivity index (χ0v) is 17.6. The highest BCUT2D eigenvalue weighted by Crippen LogP contribution is 2.26. The number of aromatic amines is 1. The number of benzene rings is 1. The molecule has 1 saturated carbocycles. The summed E-state index contributed by atoms with van der Waals surface area (Å²) in [5.74, 6) is 1.79. The lowest BCUT2D eigenvalue weighted by Crippen LogP contribution is -2.45. The fourth-order valence-electron chi connectivity index (χ4n) is 3.87. The number of piperidine rings is 1. The van der Waals surface area contributed by atoms with Crippen molar-refractivity contribution in [1.29, 1.82) is 0 Å². The molecule has 1 unspecified atom stereocenters. The smallest absolute Gasteiger partial charge is 0.0918 e. The van der Waals surface area contributed by atoms with Crippen LogP contribution in [-0.2, 0) is 6.54 Å². The number of likely N-dealkylation sites (tertiary alicyclic amines) is 1. The first-order chi connectivity index (χ1) is 13.5. The van der Waals surface area contributed by atoms with Crippen LogP contribution in [0.2, 0.25) is 0 Å². The van der Waals surface area contributed by atoms with E-state index in [9.17, 15) is 0 Å². The maximum atomic E-state index is 4.10. The first kappa shape index (κ1) is 20.5. The van der Waals surface area contributed by atoms with Crippen molar-refractivity contribution in [2.24, 2.45) is 5.92 Å². The van der Waals surface area contributed by atoms with Gasteiger partial charge in [0, 0.05) is 23.8 Å². The molecule has 2 aliphatic rings. The number of nitrogens with one attached hydrogen (secondary N) is 3. The lowest BCUT2D eigenvalue weighted by Gasteiger charge is -2.31. The van der Waals surface area contributed by atoms with Gasteiger partial charge in [0.15, 0.2) is 0 Å². The molecule has 1 aliphatic heterocycles. The molecule has 152 valence electrons. The Morgan fingerprint density at radius 2 is 2.07 bits per heavy atom. The van der Waals surface area contributed by atoms with Gasteiger partial charge >= 0.3 is 0 Å². The second-order valence-electron chi connectivity index (χ2n) is 8.39. The molecule has 1 saturated heterocycles. The molecule has 2 fully saturated rings. The number of likely N-dealkylation sites (N-methyl/N-ethyl adjacent to an activating group) is 1. The van der Waals surface area contributed by atoms with Crippen molar-refractivity contribution in [3.05, 3.63) is 60.6 Å². The zero-order valence-electron chi connectivity index (χ0n) is 17.6. The van der Waals surface area contributed by atoms with Crippen LogP contribution in [0.5, 0.6) is 0 Å². The Labute approximate surface area is 170 Å². The molecule has 4 rings (SSSR count). The monoisotopic (exact) mass is 380 g/mol. The van der Waals surface area contributed by atoms with Gasteiger partial charge in [-0.05, 0) is 75.7 Å². The van der Waals surface area contributed by atoms with E-state index in [0.717, 1.165) is 24.8 Å². The topological polar surface area (TPSA) is 43.1 Å². The summed E-state index contributed by atoms with van der Waals surface area (Å²) in [5.41, 5.74) is 3.66. The molecule has 1 aromatic carbocycles. The van der Waals surface area contributed by atoms with Gasteiger partial charge in [-0.3, -0.25) is 0 Å². The Morgan fingerprint density at radius 3 is 2.71 bits per heavy atom. The maximum Gasteiger partial charge on any atom is 0.0918 e. The number of aromatic nitrogens is 1. The van der Waals surface area contributed by atoms with E-state index >= 15 is 0 Å². The molecule has 1 aliphatic carbocycles. The van der Waals surface area contributed by atoms with E-state index in [1.165, 1.54) is 60.8 Å². The molecule has 3 N–H and O–H groups in total. The lowest BCUT2D eigenvalue weighted by molar-refractivity contribution is 0.233. The lowest BCUT2D eigenvalue weighted by atomic mass is 9.86. The van der Waals surface area contributed by atoms with Crippen molar-refractivity contribution < 1.29 is 0 Å². The third-order valence-electron chi connectivity index (χ3n) is 5.81. The molecule has 2 aromatic rings. The fourth-order valence-corrected chi connectivity index (χ4v) is 3.87. The summed E-state index contributed by atoms with van der Waals surface area (Å²) in [6, 6.07) is 9.19. The number of hydrogen-bond acceptors (Lipinski definition) is 3. The Balaban J connectivity index is 0.000000320. The van der Waals surface area contributed by atoms with Crippen LogP contribution in [0, 0.1) is 12.8 Å². The average Bonchev–Trinajstić information content (AvgIpc) is 3.01. The molecular formula is C24H36N4. The van der Waals surface area contributed by atoms with Crippen LogP contribution in [0.3, 0.4) is 0 Å². The first-order valence-corrected chi connectivity index (χ1v) is 10.6. The van der Waals surface area contributed by atoms with E-state index in [1.54, 1.807) is 0 Å². The third kappa shape index (κ3) is 5.90. The summed E-state index contributed by atoms with van der Waals surface area (Å²) >= 11 is 0. The van der Waals surface area contributed by atoms with E-state index in [1.807, 2.05) is 0 Å². The average molecular weight is 381 g/mol. The quantitative estimate of drug-likeness (QED) is 0.637. The highest BCUT2D eigenvalue weighted by atomic mass is 15.2. The largest absolute Gasteiger partial charge is 0.368 e. The van der Waals surface area contributed by atoms with Gasteiger partial charge < -0.3 is 20.5 Å². The predicted octanol–water partition coefficient (Wildman–Crippen LogP) is 4.69. The standard InChI is InChI=1S/C18H26N4.C6H10/c1-13-6-7-18-15(9-13)10-17(21-18)11-19-14(2)20-16-5-4-8-22(3)12-16;1-2-6-4-3-5-6/h6-7,9-10,16,19-21H,2,4-5,8,11-12H2,1,3H3;2,6H,1,3-5H2. The van der Waals surface area contributed by atoms with Gasteiger partial charge in [-0.25, -0.2) is 0 Å². The molecule has 0 spiro atoms. The Kier molecular flexibility index (Phi) is 7.21. The first-order valence-electron chi connectivity index (χ1n) is 10.6. The molecule has 2 heterocycles. The number of aryl methyl sites for hydroxylation is 1. The van der Waals surface area contributed by atoms with Crippen molar-refractivity contribution in [2.45, 2.75) is 51.6 Å². The van der Waals surface area contributed by atoms with Gasteiger partial charge in [0.1, 0.15) is 0 Å². The second-order valence-corrected chi connectivity index (χ2v) is 8.39. The molecule has 4 nitrogen and oxygen atoms in total. The van der Waals surface area contributed by atoms with Crippen LogP contribution in [0.4, 0.5) is 0 Å². The zero-order chi connectivity index (χ0) is 19.9. The van der Waals surface area contributed by atoms with Crippen molar-refractivity contribution in [3.8, 4) is 0 Å². The summed E-state index contributed by atoms with van der Waals surface area (Å²) in [4.78, 5) is 5.82. The predicted molar refractivity (Wildman–Crippen MR) is 120 cm³/mol. The molecule has 1 aromatic heterocycles. The van der Waals surface area contributed by atoms with Crippen LogP contribution < -0.4 is 10.6 Å². The fraction of sp³-hybridized carbons (Fsp3) is 0.500. The van der Waals surface area contributed by atoms with E-state index in [2.05, 4.69) is 78.0 Å². The van der Waals surface area contributed by atoms with Crippen molar-refractivity contribution >= 4 is 10.9 Å². The third-order valence-corrected chi connectivity index (χ3v) is 5.81. The molecule has 0 radical (unpaired) electrons.